The van der Waals surface area contributed by atoms with Gasteiger partial charge in [-0.15, -0.1) is 0 Å². The molecule has 3 unspecified atom stereocenters. The van der Waals surface area contributed by atoms with Crippen LogP contribution < -0.4 is 5.32 Å². The van der Waals surface area contributed by atoms with Crippen molar-refractivity contribution in [1.29, 1.82) is 0 Å². The Morgan fingerprint density at radius 3 is 2.28 bits per heavy atom. The molecule has 1 aliphatic rings. The molecule has 0 radical (unpaired) electrons. The monoisotopic (exact) mass is 373 g/mol. The number of halogens is 2. The van der Waals surface area contributed by atoms with Crippen molar-refractivity contribution in [2.75, 3.05) is 5.32 Å². The minimum absolute atomic E-state index is 0.594. The van der Waals surface area contributed by atoms with Gasteiger partial charge in [0.05, 0.1) is 5.69 Å². The third-order valence-electron chi connectivity index (χ3n) is 3.95. The molecule has 3 atom stereocenters. The minimum atomic E-state index is 0.594. The SMILES string of the molecule is Cc1cc(Br)c(NC2CCC(C)CC2C)c(Br)c1. The maximum absolute atomic E-state index is 3.72. The predicted octanol–water partition coefficient (Wildman–Crippen LogP) is 5.76. The first-order valence-corrected chi connectivity index (χ1v) is 8.28. The molecule has 0 bridgehead atoms. The Labute approximate surface area is 127 Å². The average Bonchev–Trinajstić information content (AvgIpc) is 2.25. The number of benzene rings is 1. The molecule has 1 fully saturated rings. The third kappa shape index (κ3) is 3.30. The summed E-state index contributed by atoms with van der Waals surface area (Å²) in [5.41, 5.74) is 2.47. The summed E-state index contributed by atoms with van der Waals surface area (Å²) in [5.74, 6) is 1.62. The van der Waals surface area contributed by atoms with Gasteiger partial charge in [-0.1, -0.05) is 13.8 Å². The van der Waals surface area contributed by atoms with Crippen molar-refractivity contribution in [2.24, 2.45) is 11.8 Å². The molecule has 2 rings (SSSR count). The molecule has 18 heavy (non-hydrogen) atoms. The third-order valence-corrected chi connectivity index (χ3v) is 5.20. The van der Waals surface area contributed by atoms with Gasteiger partial charge in [0.25, 0.3) is 0 Å². The smallest absolute Gasteiger partial charge is 0.0631 e. The fourth-order valence-corrected chi connectivity index (χ4v) is 4.55. The number of aryl methyl sites for hydroxylation is 1. The molecule has 100 valence electrons. The van der Waals surface area contributed by atoms with E-state index in [0.29, 0.717) is 6.04 Å². The summed E-state index contributed by atoms with van der Waals surface area (Å²) in [6.45, 7) is 6.85. The lowest BCUT2D eigenvalue weighted by molar-refractivity contribution is 0.276. The van der Waals surface area contributed by atoms with E-state index in [1.165, 1.54) is 30.5 Å². The van der Waals surface area contributed by atoms with Crippen LogP contribution in [0.2, 0.25) is 0 Å². The highest BCUT2D eigenvalue weighted by Crippen LogP contribution is 2.36. The predicted molar refractivity (Wildman–Crippen MR) is 86.2 cm³/mol. The van der Waals surface area contributed by atoms with Crippen LogP contribution in [0.25, 0.3) is 0 Å². The second-order valence-corrected chi connectivity index (χ2v) is 7.46. The molecule has 0 heterocycles. The fraction of sp³-hybridized carbons (Fsp3) is 0.600. The molecule has 3 heteroatoms. The lowest BCUT2D eigenvalue weighted by Crippen LogP contribution is -2.33. The van der Waals surface area contributed by atoms with E-state index in [1.54, 1.807) is 0 Å². The van der Waals surface area contributed by atoms with Gasteiger partial charge < -0.3 is 5.32 Å². The largest absolute Gasteiger partial charge is 0.380 e. The minimum Gasteiger partial charge on any atom is -0.380 e. The Morgan fingerprint density at radius 2 is 1.72 bits per heavy atom. The van der Waals surface area contributed by atoms with Gasteiger partial charge in [0.15, 0.2) is 0 Å². The zero-order chi connectivity index (χ0) is 13.3. The molecule has 0 aliphatic heterocycles. The van der Waals surface area contributed by atoms with Crippen LogP contribution in [-0.4, -0.2) is 6.04 Å². The Hall–Kier alpha value is -0.0200. The molecule has 1 saturated carbocycles. The molecule has 0 saturated heterocycles. The lowest BCUT2D eigenvalue weighted by Gasteiger charge is -2.34. The van der Waals surface area contributed by atoms with E-state index in [-0.39, 0.29) is 0 Å². The van der Waals surface area contributed by atoms with Crippen molar-refractivity contribution in [2.45, 2.75) is 46.1 Å². The van der Waals surface area contributed by atoms with Gasteiger partial charge in [-0.05, 0) is 87.6 Å². The van der Waals surface area contributed by atoms with Crippen molar-refractivity contribution < 1.29 is 0 Å². The highest BCUT2D eigenvalue weighted by atomic mass is 79.9. The first kappa shape index (κ1) is 14.4. The normalized spacial score (nSPS) is 28.2. The fourth-order valence-electron chi connectivity index (χ4n) is 2.90. The molecule has 0 spiro atoms. The van der Waals surface area contributed by atoms with Crippen LogP contribution in [0.5, 0.6) is 0 Å². The zero-order valence-electron chi connectivity index (χ0n) is 11.3. The van der Waals surface area contributed by atoms with Crippen LogP contribution in [0.1, 0.15) is 38.7 Å². The van der Waals surface area contributed by atoms with Crippen molar-refractivity contribution >= 4 is 37.5 Å². The molecular weight excluding hydrogens is 354 g/mol. The Balaban J connectivity index is 2.14. The first-order valence-electron chi connectivity index (χ1n) is 6.69. The number of anilines is 1. The quantitative estimate of drug-likeness (QED) is 0.694. The van der Waals surface area contributed by atoms with E-state index in [9.17, 15) is 0 Å². The summed E-state index contributed by atoms with van der Waals surface area (Å²) in [6, 6.07) is 4.93. The Morgan fingerprint density at radius 1 is 1.11 bits per heavy atom. The lowest BCUT2D eigenvalue weighted by atomic mass is 9.80. The molecule has 1 aromatic carbocycles. The van der Waals surface area contributed by atoms with Crippen molar-refractivity contribution in [3.05, 3.63) is 26.6 Å². The van der Waals surface area contributed by atoms with E-state index in [1.807, 2.05) is 0 Å². The Bertz CT molecular complexity index is 407. The second kappa shape index (κ2) is 5.96. The zero-order valence-corrected chi connectivity index (χ0v) is 14.4. The van der Waals surface area contributed by atoms with E-state index >= 15 is 0 Å². The topological polar surface area (TPSA) is 12.0 Å². The van der Waals surface area contributed by atoms with Gasteiger partial charge >= 0.3 is 0 Å². The second-order valence-electron chi connectivity index (χ2n) is 5.75. The molecule has 0 aromatic heterocycles. The van der Waals surface area contributed by atoms with Crippen molar-refractivity contribution in [1.82, 2.24) is 0 Å². The van der Waals surface area contributed by atoms with Crippen LogP contribution in [-0.2, 0) is 0 Å². The molecule has 1 aliphatic carbocycles. The summed E-state index contributed by atoms with van der Waals surface area (Å²) in [7, 11) is 0. The summed E-state index contributed by atoms with van der Waals surface area (Å²) in [6.07, 6.45) is 3.94. The number of nitrogens with one attached hydrogen (secondary N) is 1. The average molecular weight is 375 g/mol. The van der Waals surface area contributed by atoms with Gasteiger partial charge in [-0.25, -0.2) is 0 Å². The van der Waals surface area contributed by atoms with Crippen LogP contribution in [0.3, 0.4) is 0 Å². The number of hydrogen-bond donors (Lipinski definition) is 1. The molecule has 0 amide bonds. The van der Waals surface area contributed by atoms with E-state index in [2.05, 4.69) is 70.1 Å². The molecular formula is C15H21Br2N. The van der Waals surface area contributed by atoms with Gasteiger partial charge in [-0.3, -0.25) is 0 Å². The van der Waals surface area contributed by atoms with E-state index < -0.39 is 0 Å². The van der Waals surface area contributed by atoms with Crippen LogP contribution in [0, 0.1) is 18.8 Å². The molecule has 1 aromatic rings. The number of hydrogen-bond acceptors (Lipinski definition) is 1. The Kier molecular flexibility index (Phi) is 4.76. The highest BCUT2D eigenvalue weighted by Gasteiger charge is 2.26. The standard InChI is InChI=1S/C15H21Br2N/c1-9-4-5-14(11(3)6-9)18-15-12(16)7-10(2)8-13(15)17/h7-9,11,14,18H,4-6H2,1-3H3. The van der Waals surface area contributed by atoms with Gasteiger partial charge in [-0.2, -0.15) is 0 Å². The molecule has 1 N–H and O–H groups in total. The summed E-state index contributed by atoms with van der Waals surface area (Å²) in [5, 5.41) is 3.72. The summed E-state index contributed by atoms with van der Waals surface area (Å²) >= 11 is 7.33. The van der Waals surface area contributed by atoms with Gasteiger partial charge in [0.2, 0.25) is 0 Å². The maximum Gasteiger partial charge on any atom is 0.0631 e. The first-order chi connectivity index (χ1) is 8.47. The maximum atomic E-state index is 3.72. The van der Waals surface area contributed by atoms with Crippen LogP contribution in [0.4, 0.5) is 5.69 Å². The van der Waals surface area contributed by atoms with Gasteiger partial charge in [0, 0.05) is 15.0 Å². The van der Waals surface area contributed by atoms with Crippen LogP contribution in [0.15, 0.2) is 21.1 Å². The van der Waals surface area contributed by atoms with E-state index in [0.717, 1.165) is 20.8 Å². The van der Waals surface area contributed by atoms with Crippen LogP contribution >= 0.6 is 31.9 Å². The summed E-state index contributed by atoms with van der Waals surface area (Å²) < 4.78 is 2.31. The molecule has 1 nitrogen and oxygen atoms in total. The van der Waals surface area contributed by atoms with E-state index in [4.69, 9.17) is 0 Å². The highest BCUT2D eigenvalue weighted by molar-refractivity contribution is 9.11. The summed E-state index contributed by atoms with van der Waals surface area (Å²) in [4.78, 5) is 0. The van der Waals surface area contributed by atoms with Crippen molar-refractivity contribution in [3.8, 4) is 0 Å². The van der Waals surface area contributed by atoms with Crippen molar-refractivity contribution in [3.63, 3.8) is 0 Å². The number of rotatable bonds is 2. The van der Waals surface area contributed by atoms with Gasteiger partial charge in [0.1, 0.15) is 0 Å².